The van der Waals surface area contributed by atoms with E-state index in [0.717, 1.165) is 11.5 Å². The fraction of sp³-hybridized carbons (Fsp3) is 0.273. The van der Waals surface area contributed by atoms with Gasteiger partial charge < -0.3 is 5.32 Å². The molecule has 102 valence electrons. The van der Waals surface area contributed by atoms with Gasteiger partial charge in [-0.1, -0.05) is 6.08 Å². The van der Waals surface area contributed by atoms with Crippen molar-refractivity contribution < 1.29 is 17.7 Å². The Balaban J connectivity index is 2.04. The topological polar surface area (TPSA) is 89.3 Å². The Morgan fingerprint density at radius 3 is 2.74 bits per heavy atom. The molecule has 6 nitrogen and oxygen atoms in total. The third-order valence-corrected chi connectivity index (χ3v) is 4.05. The lowest BCUT2D eigenvalue weighted by molar-refractivity contribution is -0.385. The van der Waals surface area contributed by atoms with Crippen LogP contribution in [0, 0.1) is 15.9 Å². The second-order valence-electron chi connectivity index (χ2n) is 4.22. The van der Waals surface area contributed by atoms with E-state index >= 15 is 0 Å². The molecule has 0 amide bonds. The van der Waals surface area contributed by atoms with E-state index in [9.17, 15) is 22.9 Å². The Morgan fingerprint density at radius 2 is 2.16 bits per heavy atom. The zero-order valence-electron chi connectivity index (χ0n) is 9.74. The molecule has 1 atom stereocenters. The number of nitrogens with zero attached hydrogens (tertiary/aromatic N) is 1. The van der Waals surface area contributed by atoms with Gasteiger partial charge >= 0.3 is 0 Å². The lowest BCUT2D eigenvalue weighted by Gasteiger charge is -2.09. The van der Waals surface area contributed by atoms with Crippen molar-refractivity contribution in [3.05, 3.63) is 51.2 Å². The van der Waals surface area contributed by atoms with Crippen molar-refractivity contribution >= 4 is 15.5 Å². The van der Waals surface area contributed by atoms with Crippen molar-refractivity contribution in [1.82, 2.24) is 5.32 Å². The summed E-state index contributed by atoms with van der Waals surface area (Å²) in [6.45, 7) is 0.156. The molecular formula is C11H11FN2O4S. The standard InChI is InChI=1S/C11H11FN2O4S/c12-9-3-8(4-11(5-9)14(15)16)6-13-10-1-2-19(17,18)7-10/h1-5,10,13H,6-7H2. The summed E-state index contributed by atoms with van der Waals surface area (Å²) in [5, 5.41) is 14.6. The maximum Gasteiger partial charge on any atom is 0.272 e. The molecule has 0 radical (unpaired) electrons. The van der Waals surface area contributed by atoms with Crippen molar-refractivity contribution in [1.29, 1.82) is 0 Å². The second-order valence-corrected chi connectivity index (χ2v) is 6.15. The van der Waals surface area contributed by atoms with Crippen LogP contribution in [0.25, 0.3) is 0 Å². The smallest absolute Gasteiger partial charge is 0.272 e. The first-order chi connectivity index (χ1) is 8.85. The first-order valence-corrected chi connectivity index (χ1v) is 7.15. The number of nitro benzene ring substituents is 1. The van der Waals surface area contributed by atoms with Crippen LogP contribution in [0.2, 0.25) is 0 Å². The van der Waals surface area contributed by atoms with Gasteiger partial charge in [-0.2, -0.15) is 0 Å². The summed E-state index contributed by atoms with van der Waals surface area (Å²) in [5.74, 6) is -0.745. The van der Waals surface area contributed by atoms with E-state index in [1.165, 1.54) is 18.2 Å². The van der Waals surface area contributed by atoms with E-state index in [1.54, 1.807) is 0 Å². The molecule has 1 heterocycles. The molecule has 1 N–H and O–H groups in total. The summed E-state index contributed by atoms with van der Waals surface area (Å²) in [6.07, 6.45) is 1.50. The molecule has 0 saturated heterocycles. The molecule has 8 heteroatoms. The molecule has 0 aromatic heterocycles. The third kappa shape index (κ3) is 3.58. The monoisotopic (exact) mass is 286 g/mol. The third-order valence-electron chi connectivity index (χ3n) is 2.65. The second kappa shape index (κ2) is 5.06. The molecule has 0 bridgehead atoms. The van der Waals surface area contributed by atoms with Crippen molar-refractivity contribution in [2.24, 2.45) is 0 Å². The Hall–Kier alpha value is -1.80. The molecule has 1 aliphatic heterocycles. The van der Waals surface area contributed by atoms with E-state index < -0.39 is 20.6 Å². The average molecular weight is 286 g/mol. The van der Waals surface area contributed by atoms with Crippen molar-refractivity contribution in [2.45, 2.75) is 12.6 Å². The van der Waals surface area contributed by atoms with Crippen LogP contribution in [0.4, 0.5) is 10.1 Å². The highest BCUT2D eigenvalue weighted by atomic mass is 32.2. The molecule has 0 aliphatic carbocycles. The van der Waals surface area contributed by atoms with Gasteiger partial charge in [-0.05, 0) is 11.6 Å². The van der Waals surface area contributed by atoms with Crippen LogP contribution < -0.4 is 5.32 Å². The molecule has 0 fully saturated rings. The molecule has 1 aromatic carbocycles. The minimum Gasteiger partial charge on any atom is -0.305 e. The van der Waals surface area contributed by atoms with Gasteiger partial charge in [-0.3, -0.25) is 10.1 Å². The van der Waals surface area contributed by atoms with Crippen molar-refractivity contribution in [2.75, 3.05) is 5.75 Å². The highest BCUT2D eigenvalue weighted by Gasteiger charge is 2.21. The number of rotatable bonds is 4. The van der Waals surface area contributed by atoms with Gasteiger partial charge in [0.25, 0.3) is 5.69 Å². The summed E-state index contributed by atoms with van der Waals surface area (Å²) in [5.41, 5.74) is 0.0655. The normalized spacial score (nSPS) is 20.6. The van der Waals surface area contributed by atoms with Gasteiger partial charge in [-0.25, -0.2) is 12.8 Å². The lowest BCUT2D eigenvalue weighted by atomic mass is 10.2. The largest absolute Gasteiger partial charge is 0.305 e. The van der Waals surface area contributed by atoms with Crippen LogP contribution in [-0.2, 0) is 16.4 Å². The Kier molecular flexibility index (Phi) is 3.63. The van der Waals surface area contributed by atoms with E-state index in [2.05, 4.69) is 5.32 Å². The van der Waals surface area contributed by atoms with Crippen LogP contribution in [0.5, 0.6) is 0 Å². The minimum atomic E-state index is -3.15. The summed E-state index contributed by atoms with van der Waals surface area (Å²) >= 11 is 0. The zero-order valence-corrected chi connectivity index (χ0v) is 10.6. The minimum absolute atomic E-state index is 0.0512. The molecular weight excluding hydrogens is 275 g/mol. The number of nitro groups is 1. The van der Waals surface area contributed by atoms with Crippen LogP contribution in [0.15, 0.2) is 29.7 Å². The van der Waals surface area contributed by atoms with Gasteiger partial charge in [0.2, 0.25) is 0 Å². The number of hydrogen-bond donors (Lipinski definition) is 1. The number of halogens is 1. The number of sulfone groups is 1. The maximum atomic E-state index is 13.2. The van der Waals surface area contributed by atoms with Crippen molar-refractivity contribution in [3.8, 4) is 0 Å². The molecule has 1 aromatic rings. The van der Waals surface area contributed by atoms with Crippen LogP contribution >= 0.6 is 0 Å². The van der Waals surface area contributed by atoms with Gasteiger partial charge in [0.15, 0.2) is 9.84 Å². The molecule has 1 unspecified atom stereocenters. The average Bonchev–Trinajstić information content (AvgIpc) is 2.65. The highest BCUT2D eigenvalue weighted by molar-refractivity contribution is 7.94. The molecule has 0 spiro atoms. The SMILES string of the molecule is O=[N+]([O-])c1cc(F)cc(CNC2C=CS(=O)(=O)C2)c1. The Labute approximate surface area is 109 Å². The number of non-ortho nitro benzene ring substituents is 1. The number of hydrogen-bond acceptors (Lipinski definition) is 5. The summed E-state index contributed by atoms with van der Waals surface area (Å²) < 4.78 is 35.5. The summed E-state index contributed by atoms with van der Waals surface area (Å²) in [7, 11) is -3.15. The fourth-order valence-corrected chi connectivity index (χ4v) is 3.06. The first-order valence-electron chi connectivity index (χ1n) is 5.44. The van der Waals surface area contributed by atoms with Gasteiger partial charge in [0.1, 0.15) is 5.82 Å². The van der Waals surface area contributed by atoms with Gasteiger partial charge in [0.05, 0.1) is 16.7 Å². The van der Waals surface area contributed by atoms with E-state index in [1.807, 2.05) is 0 Å². The number of benzene rings is 1. The predicted molar refractivity (Wildman–Crippen MR) is 66.6 cm³/mol. The van der Waals surface area contributed by atoms with Gasteiger partial charge in [0, 0.05) is 24.1 Å². The van der Waals surface area contributed by atoms with Crippen LogP contribution in [-0.4, -0.2) is 25.1 Å². The van der Waals surface area contributed by atoms with Crippen LogP contribution in [0.1, 0.15) is 5.56 Å². The molecule has 19 heavy (non-hydrogen) atoms. The molecule has 1 aliphatic rings. The maximum absolute atomic E-state index is 13.2. The van der Waals surface area contributed by atoms with Crippen LogP contribution in [0.3, 0.4) is 0 Å². The Morgan fingerprint density at radius 1 is 1.42 bits per heavy atom. The highest BCUT2D eigenvalue weighted by Crippen LogP contribution is 2.17. The van der Waals surface area contributed by atoms with E-state index in [4.69, 9.17) is 0 Å². The summed E-state index contributed by atoms with van der Waals surface area (Å²) in [6, 6.07) is 2.91. The first kappa shape index (κ1) is 13.6. The summed E-state index contributed by atoms with van der Waals surface area (Å²) in [4.78, 5) is 9.90. The predicted octanol–water partition coefficient (Wildman–Crippen LogP) is 1.13. The molecule has 2 rings (SSSR count). The Bertz CT molecular complexity index is 642. The van der Waals surface area contributed by atoms with E-state index in [-0.39, 0.29) is 24.0 Å². The lowest BCUT2D eigenvalue weighted by Crippen LogP contribution is -2.29. The number of nitrogens with one attached hydrogen (secondary N) is 1. The molecule has 0 saturated carbocycles. The van der Waals surface area contributed by atoms with Gasteiger partial charge in [-0.15, -0.1) is 0 Å². The van der Waals surface area contributed by atoms with Crippen molar-refractivity contribution in [3.63, 3.8) is 0 Å². The fourth-order valence-electron chi connectivity index (χ4n) is 1.79. The quantitative estimate of drug-likeness (QED) is 0.662. The van der Waals surface area contributed by atoms with E-state index in [0.29, 0.717) is 5.56 Å². The zero-order chi connectivity index (χ0) is 14.0.